The lowest BCUT2D eigenvalue weighted by Gasteiger charge is -2.27. The Morgan fingerprint density at radius 3 is 2.82 bits per heavy atom. The molecule has 0 spiro atoms. The van der Waals surface area contributed by atoms with E-state index < -0.39 is 0 Å². The third-order valence-electron chi connectivity index (χ3n) is 2.92. The number of hydrogen-bond donors (Lipinski definition) is 2. The topological polar surface area (TPSA) is 70.2 Å². The predicted octanol–water partition coefficient (Wildman–Crippen LogP) is -0.0901. The van der Waals surface area contributed by atoms with Crippen LogP contribution in [0.15, 0.2) is 0 Å². The fourth-order valence-electron chi connectivity index (χ4n) is 2.03. The Hall–Kier alpha value is -1.40. The van der Waals surface area contributed by atoms with Crippen LogP contribution in [0.2, 0.25) is 0 Å². The van der Waals surface area contributed by atoms with Gasteiger partial charge in [0.2, 0.25) is 0 Å². The molecule has 0 saturated carbocycles. The van der Waals surface area contributed by atoms with Gasteiger partial charge < -0.3 is 15.0 Å². The molecular weight excluding hydrogens is 220 g/mol. The number of piperazine rings is 1. The Balaban J connectivity index is 2.19. The molecule has 0 unspecified atom stereocenters. The van der Waals surface area contributed by atoms with E-state index in [1.165, 1.54) is 0 Å². The lowest BCUT2D eigenvalue weighted by molar-refractivity contribution is 0.0730. The highest BCUT2D eigenvalue weighted by Gasteiger charge is 2.24. The highest BCUT2D eigenvalue weighted by Crippen LogP contribution is 2.15. The van der Waals surface area contributed by atoms with Gasteiger partial charge in [-0.3, -0.25) is 9.89 Å². The number of nitrogens with zero attached hydrogens (tertiary/aromatic N) is 2. The van der Waals surface area contributed by atoms with Crippen molar-refractivity contribution in [2.45, 2.75) is 13.5 Å². The first-order valence-electron chi connectivity index (χ1n) is 5.76. The second-order valence-corrected chi connectivity index (χ2v) is 4.15. The molecule has 0 aliphatic carbocycles. The van der Waals surface area contributed by atoms with Crippen LogP contribution in [-0.2, 0) is 11.3 Å². The van der Waals surface area contributed by atoms with Gasteiger partial charge in [0.15, 0.2) is 0 Å². The van der Waals surface area contributed by atoms with Gasteiger partial charge in [0, 0.05) is 39.0 Å². The fraction of sp³-hybridized carbons (Fsp3) is 0.636. The molecule has 2 N–H and O–H groups in total. The number of carbonyl (C=O) groups excluding carboxylic acids is 1. The minimum absolute atomic E-state index is 0.0461. The number of ether oxygens (including phenoxy) is 1. The molecule has 1 aliphatic rings. The van der Waals surface area contributed by atoms with E-state index in [0.29, 0.717) is 17.9 Å². The molecule has 2 heterocycles. The van der Waals surface area contributed by atoms with E-state index in [1.807, 2.05) is 11.8 Å². The smallest absolute Gasteiger partial charge is 0.257 e. The van der Waals surface area contributed by atoms with E-state index in [0.717, 1.165) is 31.9 Å². The number of amides is 1. The van der Waals surface area contributed by atoms with Crippen LogP contribution in [0.5, 0.6) is 0 Å². The molecule has 1 aliphatic heterocycles. The molecule has 1 saturated heterocycles. The van der Waals surface area contributed by atoms with Crippen molar-refractivity contribution in [3.8, 4) is 0 Å². The molecule has 17 heavy (non-hydrogen) atoms. The maximum absolute atomic E-state index is 12.4. The number of H-pyrrole nitrogens is 1. The maximum atomic E-state index is 12.4. The number of aromatic amines is 1. The average molecular weight is 238 g/mol. The summed E-state index contributed by atoms with van der Waals surface area (Å²) in [5.41, 5.74) is 2.16. The quantitative estimate of drug-likeness (QED) is 0.772. The zero-order valence-corrected chi connectivity index (χ0v) is 10.2. The lowest BCUT2D eigenvalue weighted by Crippen LogP contribution is -2.46. The highest BCUT2D eigenvalue weighted by atomic mass is 16.5. The van der Waals surface area contributed by atoms with Crippen molar-refractivity contribution >= 4 is 5.91 Å². The Labute approximate surface area is 100 Å². The SMILES string of the molecule is COCc1n[nH]c(C)c1C(=O)N1CCNCC1. The second kappa shape index (κ2) is 5.29. The van der Waals surface area contributed by atoms with Crippen molar-refractivity contribution in [1.82, 2.24) is 20.4 Å². The number of carbonyl (C=O) groups is 1. The van der Waals surface area contributed by atoms with Gasteiger partial charge in [-0.1, -0.05) is 0 Å². The molecule has 0 atom stereocenters. The maximum Gasteiger partial charge on any atom is 0.257 e. The van der Waals surface area contributed by atoms with Crippen molar-refractivity contribution < 1.29 is 9.53 Å². The molecule has 94 valence electrons. The summed E-state index contributed by atoms with van der Waals surface area (Å²) in [6.45, 7) is 5.41. The van der Waals surface area contributed by atoms with Crippen molar-refractivity contribution in [3.63, 3.8) is 0 Å². The molecule has 0 aromatic carbocycles. The third kappa shape index (κ3) is 2.48. The molecule has 1 amide bonds. The molecule has 6 nitrogen and oxygen atoms in total. The highest BCUT2D eigenvalue weighted by molar-refractivity contribution is 5.96. The summed E-state index contributed by atoms with van der Waals surface area (Å²) in [7, 11) is 1.60. The summed E-state index contributed by atoms with van der Waals surface area (Å²) in [5, 5.41) is 10.2. The average Bonchev–Trinajstić information content (AvgIpc) is 2.71. The minimum Gasteiger partial charge on any atom is -0.378 e. The predicted molar refractivity (Wildman–Crippen MR) is 62.8 cm³/mol. The van der Waals surface area contributed by atoms with Crippen LogP contribution in [0, 0.1) is 6.92 Å². The Morgan fingerprint density at radius 2 is 2.18 bits per heavy atom. The third-order valence-corrected chi connectivity index (χ3v) is 2.92. The van der Waals surface area contributed by atoms with Crippen LogP contribution in [-0.4, -0.2) is 54.3 Å². The summed E-state index contributed by atoms with van der Waals surface area (Å²) in [4.78, 5) is 14.2. The van der Waals surface area contributed by atoms with Crippen LogP contribution in [0.3, 0.4) is 0 Å². The number of aromatic nitrogens is 2. The van der Waals surface area contributed by atoms with Crippen molar-refractivity contribution in [3.05, 3.63) is 17.0 Å². The molecule has 1 aromatic heterocycles. The largest absolute Gasteiger partial charge is 0.378 e. The Morgan fingerprint density at radius 1 is 1.47 bits per heavy atom. The standard InChI is InChI=1S/C11H18N4O2/c1-8-10(9(7-17-2)14-13-8)11(16)15-5-3-12-4-6-15/h12H,3-7H2,1-2H3,(H,13,14). The molecule has 6 heteroatoms. The molecule has 0 radical (unpaired) electrons. The fourth-order valence-corrected chi connectivity index (χ4v) is 2.03. The van der Waals surface area contributed by atoms with Gasteiger partial charge in [0.05, 0.1) is 12.2 Å². The zero-order valence-electron chi connectivity index (χ0n) is 10.2. The molecule has 1 fully saturated rings. The van der Waals surface area contributed by atoms with Gasteiger partial charge in [0.25, 0.3) is 5.91 Å². The van der Waals surface area contributed by atoms with Gasteiger partial charge in [-0.15, -0.1) is 0 Å². The normalized spacial score (nSPS) is 16.2. The molecular formula is C11H18N4O2. The van der Waals surface area contributed by atoms with Gasteiger partial charge in [-0.2, -0.15) is 5.10 Å². The van der Waals surface area contributed by atoms with Gasteiger partial charge in [0.1, 0.15) is 5.69 Å². The Bertz CT molecular complexity index is 396. The van der Waals surface area contributed by atoms with E-state index in [2.05, 4.69) is 15.5 Å². The van der Waals surface area contributed by atoms with Crippen LogP contribution in [0.4, 0.5) is 0 Å². The molecule has 0 bridgehead atoms. The second-order valence-electron chi connectivity index (χ2n) is 4.15. The van der Waals surface area contributed by atoms with E-state index in [4.69, 9.17) is 4.74 Å². The summed E-state index contributed by atoms with van der Waals surface area (Å²) < 4.78 is 5.05. The van der Waals surface area contributed by atoms with Gasteiger partial charge in [-0.05, 0) is 6.92 Å². The van der Waals surface area contributed by atoms with Gasteiger partial charge in [-0.25, -0.2) is 0 Å². The first-order valence-corrected chi connectivity index (χ1v) is 5.76. The van der Waals surface area contributed by atoms with Crippen LogP contribution < -0.4 is 5.32 Å². The van der Waals surface area contributed by atoms with E-state index in [1.54, 1.807) is 7.11 Å². The minimum atomic E-state index is 0.0461. The molecule has 1 aromatic rings. The first-order chi connectivity index (χ1) is 8.24. The number of methoxy groups -OCH3 is 1. The van der Waals surface area contributed by atoms with E-state index in [-0.39, 0.29) is 5.91 Å². The van der Waals surface area contributed by atoms with Gasteiger partial charge >= 0.3 is 0 Å². The van der Waals surface area contributed by atoms with Crippen molar-refractivity contribution in [1.29, 1.82) is 0 Å². The van der Waals surface area contributed by atoms with E-state index >= 15 is 0 Å². The number of hydrogen-bond acceptors (Lipinski definition) is 4. The number of aryl methyl sites for hydroxylation is 1. The first kappa shape index (κ1) is 12.1. The van der Waals surface area contributed by atoms with Crippen molar-refractivity contribution in [2.24, 2.45) is 0 Å². The number of nitrogens with one attached hydrogen (secondary N) is 2. The van der Waals surface area contributed by atoms with Crippen LogP contribution >= 0.6 is 0 Å². The summed E-state index contributed by atoms with van der Waals surface area (Å²) >= 11 is 0. The summed E-state index contributed by atoms with van der Waals surface area (Å²) in [6, 6.07) is 0. The summed E-state index contributed by atoms with van der Waals surface area (Å²) in [6.07, 6.45) is 0. The van der Waals surface area contributed by atoms with Crippen LogP contribution in [0.1, 0.15) is 21.7 Å². The monoisotopic (exact) mass is 238 g/mol. The Kier molecular flexibility index (Phi) is 3.75. The molecule has 2 rings (SSSR count). The lowest BCUT2D eigenvalue weighted by atomic mass is 10.1. The zero-order chi connectivity index (χ0) is 12.3. The van der Waals surface area contributed by atoms with E-state index in [9.17, 15) is 4.79 Å². The number of rotatable bonds is 3. The summed E-state index contributed by atoms with van der Waals surface area (Å²) in [5.74, 6) is 0.0461. The van der Waals surface area contributed by atoms with Crippen molar-refractivity contribution in [2.75, 3.05) is 33.3 Å². The van der Waals surface area contributed by atoms with Crippen LogP contribution in [0.25, 0.3) is 0 Å².